The third-order valence-electron chi connectivity index (χ3n) is 7.30. The van der Waals surface area contributed by atoms with Gasteiger partial charge in [0.05, 0.1) is 19.5 Å². The van der Waals surface area contributed by atoms with Gasteiger partial charge in [0.1, 0.15) is 36.3 Å². The van der Waals surface area contributed by atoms with E-state index >= 15 is 0 Å². The van der Waals surface area contributed by atoms with Crippen molar-refractivity contribution in [2.45, 2.75) is 57.3 Å². The lowest BCUT2D eigenvalue weighted by Crippen LogP contribution is -2.46. The summed E-state index contributed by atoms with van der Waals surface area (Å²) in [5.41, 5.74) is 4.23. The molecular weight excluding hydrogens is 823 g/mol. The number of nitrogens with one attached hydrogen (secondary N) is 2. The van der Waals surface area contributed by atoms with Crippen molar-refractivity contribution in [3.05, 3.63) is 24.8 Å². The largest absolute Gasteiger partial charge is 0.481 e. The number of imidazole rings is 1. The second-order valence-electron chi connectivity index (χ2n) is 12.2. The van der Waals surface area contributed by atoms with Crippen LogP contribution in [0.15, 0.2) is 24.8 Å². The first kappa shape index (κ1) is 46.6. The molecule has 2 aromatic heterocycles. The molecule has 0 aromatic carbocycles. The van der Waals surface area contributed by atoms with E-state index in [4.69, 9.17) is 24.6 Å². The summed E-state index contributed by atoms with van der Waals surface area (Å²) >= 11 is 0.952. The van der Waals surface area contributed by atoms with Crippen LogP contribution < -0.4 is 16.4 Å². The number of amides is 2. The number of carbonyl (C=O) groups excluding carboxylic acids is 3. The van der Waals surface area contributed by atoms with Crippen LogP contribution in [0, 0.1) is 5.41 Å². The van der Waals surface area contributed by atoms with Gasteiger partial charge in [-0.1, -0.05) is 31.7 Å². The zero-order chi connectivity index (χ0) is 41.2. The van der Waals surface area contributed by atoms with Crippen molar-refractivity contribution in [1.29, 1.82) is 0 Å². The van der Waals surface area contributed by atoms with Gasteiger partial charge in [-0.15, -0.1) is 0 Å². The molecule has 1 aliphatic heterocycles. The van der Waals surface area contributed by atoms with E-state index in [2.05, 4.69) is 34.4 Å². The Labute approximate surface area is 316 Å². The maximum absolute atomic E-state index is 12.7. The molecule has 1 saturated heterocycles. The predicted molar refractivity (Wildman–Crippen MR) is 188 cm³/mol. The maximum atomic E-state index is 12.7. The molecule has 3 rings (SSSR count). The van der Waals surface area contributed by atoms with Crippen molar-refractivity contribution in [3.63, 3.8) is 0 Å². The fourth-order valence-electron chi connectivity index (χ4n) is 4.58. The lowest BCUT2D eigenvalue weighted by Gasteiger charge is -2.30. The van der Waals surface area contributed by atoms with E-state index < -0.39 is 84.6 Å². The van der Waals surface area contributed by atoms with Gasteiger partial charge in [0.15, 0.2) is 17.7 Å². The van der Waals surface area contributed by atoms with E-state index in [1.165, 1.54) is 26.0 Å². The highest BCUT2D eigenvalue weighted by Gasteiger charge is 2.50. The Kier molecular flexibility index (Phi) is 17.0. The standard InChI is InChI=1S/C26H42N7O18P3S/c1-26(2,21(38)24(39)29-7-6-16(35)28-8-10-55-17(36)5-3-4-9-34)12-48-54(45,46)51-53(43,44)47-11-15-20(50-52(40,41)42)19(37)25(49-15)33-14-32-18-22(27)30-13-31-23(18)33/h3,5,13-15,19-21,25,34,37-38H,4,6-12H2,1-2H3,(H,28,35)(H,29,39)(H,43,44)(H,45,46)(H2,27,30,31)(H2,40,41,42)/t15-,19-,20-,21+,25-/m1/s1. The molecule has 0 spiro atoms. The molecule has 55 heavy (non-hydrogen) atoms. The second-order valence-corrected chi connectivity index (χ2v) is 17.5. The molecule has 0 radical (unpaired) electrons. The number of aliphatic hydroxyl groups excluding tert-OH is 3. The van der Waals surface area contributed by atoms with Gasteiger partial charge in [-0.2, -0.15) is 4.31 Å². The van der Waals surface area contributed by atoms with Gasteiger partial charge in [-0.25, -0.2) is 28.6 Å². The molecule has 0 saturated carbocycles. The Morgan fingerprint density at radius 1 is 1.09 bits per heavy atom. The number of aliphatic hydroxyl groups is 3. The van der Waals surface area contributed by atoms with Crippen LogP contribution in [0.1, 0.15) is 32.9 Å². The normalized spacial score (nSPS) is 22.0. The van der Waals surface area contributed by atoms with Crippen LogP contribution >= 0.6 is 35.2 Å². The van der Waals surface area contributed by atoms with E-state index in [9.17, 15) is 57.9 Å². The topological polar surface area (TPSA) is 384 Å². The predicted octanol–water partition coefficient (Wildman–Crippen LogP) is -1.40. The number of fused-ring (bicyclic) bond motifs is 1. The maximum Gasteiger partial charge on any atom is 0.481 e. The Hall–Kier alpha value is -2.74. The van der Waals surface area contributed by atoms with E-state index in [1.807, 2.05) is 0 Å². The summed E-state index contributed by atoms with van der Waals surface area (Å²) in [6.07, 6.45) is -3.82. The highest BCUT2D eigenvalue weighted by molar-refractivity contribution is 8.14. The first-order chi connectivity index (χ1) is 25.6. The van der Waals surface area contributed by atoms with Crippen LogP contribution in [0.5, 0.6) is 0 Å². The number of ether oxygens (including phenoxy) is 1. The first-order valence-corrected chi connectivity index (χ1v) is 21.4. The van der Waals surface area contributed by atoms with Crippen molar-refractivity contribution in [3.8, 4) is 0 Å². The van der Waals surface area contributed by atoms with Crippen LogP contribution in [0.3, 0.4) is 0 Å². The van der Waals surface area contributed by atoms with Gasteiger partial charge in [0.2, 0.25) is 16.9 Å². The lowest BCUT2D eigenvalue weighted by atomic mass is 9.87. The van der Waals surface area contributed by atoms with E-state index in [1.54, 1.807) is 0 Å². The highest BCUT2D eigenvalue weighted by Crippen LogP contribution is 2.61. The van der Waals surface area contributed by atoms with Crippen LogP contribution in [-0.4, -0.2) is 134 Å². The first-order valence-electron chi connectivity index (χ1n) is 15.9. The van der Waals surface area contributed by atoms with E-state index in [-0.39, 0.29) is 54.0 Å². The lowest BCUT2D eigenvalue weighted by molar-refractivity contribution is -0.137. The number of phosphoric ester groups is 3. The summed E-state index contributed by atoms with van der Waals surface area (Å²) in [4.78, 5) is 87.0. The summed E-state index contributed by atoms with van der Waals surface area (Å²) in [7, 11) is -16.4. The zero-order valence-electron chi connectivity index (χ0n) is 29.1. The third-order valence-corrected chi connectivity index (χ3v) is 11.2. The number of hydrogen-bond donors (Lipinski definition) is 10. The molecule has 310 valence electrons. The Balaban J connectivity index is 1.49. The van der Waals surface area contributed by atoms with Gasteiger partial charge in [-0.3, -0.25) is 32.5 Å². The third kappa shape index (κ3) is 14.6. The minimum Gasteiger partial charge on any atom is -0.396 e. The molecule has 0 aliphatic carbocycles. The number of phosphoric acid groups is 3. The van der Waals surface area contributed by atoms with Crippen molar-refractivity contribution in [2.75, 3.05) is 44.4 Å². The molecule has 1 fully saturated rings. The fourth-order valence-corrected chi connectivity index (χ4v) is 8.01. The van der Waals surface area contributed by atoms with Crippen molar-refractivity contribution in [2.24, 2.45) is 5.41 Å². The van der Waals surface area contributed by atoms with Crippen molar-refractivity contribution >= 4 is 69.1 Å². The molecule has 0 bridgehead atoms. The number of nitrogens with zero attached hydrogens (tertiary/aromatic N) is 4. The SMILES string of the molecule is CC(C)(COP(=O)(O)OP(=O)(O)OC[C@H]1O[C@@H](n2cnc3c(N)ncnc32)[C@H](O)[C@@H]1OP(=O)(O)O)[C@@H](O)C(=O)NCCC(=O)NCCSC(=O)C=CCCO. The van der Waals surface area contributed by atoms with E-state index in [0.717, 1.165) is 29.0 Å². The zero-order valence-corrected chi connectivity index (χ0v) is 32.6. The number of carbonyl (C=O) groups is 3. The molecule has 2 amide bonds. The number of thioether (sulfide) groups is 1. The molecule has 11 N–H and O–H groups in total. The van der Waals surface area contributed by atoms with Gasteiger partial charge < -0.3 is 56.0 Å². The molecular formula is C26H42N7O18P3S. The highest BCUT2D eigenvalue weighted by atomic mass is 32.2. The number of anilines is 1. The minimum atomic E-state index is -5.57. The van der Waals surface area contributed by atoms with Crippen LogP contribution in [0.2, 0.25) is 0 Å². The summed E-state index contributed by atoms with van der Waals surface area (Å²) in [5, 5.41) is 34.7. The average molecular weight is 866 g/mol. The molecule has 3 heterocycles. The Bertz CT molecular complexity index is 1830. The van der Waals surface area contributed by atoms with E-state index in [0.29, 0.717) is 6.42 Å². The summed E-state index contributed by atoms with van der Waals surface area (Å²) in [6.45, 7) is 0.288. The minimum absolute atomic E-state index is 0.0258. The monoisotopic (exact) mass is 865 g/mol. The Morgan fingerprint density at radius 2 is 1.78 bits per heavy atom. The summed E-state index contributed by atoms with van der Waals surface area (Å²) in [6, 6.07) is 0. The molecule has 1 aliphatic rings. The van der Waals surface area contributed by atoms with Crippen LogP contribution in [0.4, 0.5) is 5.82 Å². The second kappa shape index (κ2) is 20.1. The smallest absolute Gasteiger partial charge is 0.396 e. The van der Waals surface area contributed by atoms with Gasteiger partial charge in [-0.05, 0) is 12.5 Å². The molecule has 2 aromatic rings. The number of nitrogens with two attached hydrogens (primary N) is 1. The summed E-state index contributed by atoms with van der Waals surface area (Å²) < 4.78 is 62.0. The average Bonchev–Trinajstić information content (AvgIpc) is 3.64. The number of nitrogen functional groups attached to an aromatic ring is 1. The van der Waals surface area contributed by atoms with Crippen LogP contribution in [0.25, 0.3) is 11.2 Å². The number of rotatable bonds is 22. The fraction of sp³-hybridized carbons (Fsp3) is 0.615. The number of hydrogen-bond acceptors (Lipinski definition) is 19. The molecule has 7 atom stereocenters. The molecule has 2 unspecified atom stereocenters. The summed E-state index contributed by atoms with van der Waals surface area (Å²) in [5.74, 6) is -1.24. The van der Waals surface area contributed by atoms with Crippen molar-refractivity contribution in [1.82, 2.24) is 30.2 Å². The molecule has 25 nitrogen and oxygen atoms in total. The Morgan fingerprint density at radius 3 is 2.45 bits per heavy atom. The number of aromatic nitrogens is 4. The van der Waals surface area contributed by atoms with Gasteiger partial charge in [0, 0.05) is 37.3 Å². The van der Waals surface area contributed by atoms with Gasteiger partial charge >= 0.3 is 23.5 Å². The van der Waals surface area contributed by atoms with Crippen LogP contribution in [-0.2, 0) is 50.7 Å². The van der Waals surface area contributed by atoms with Crippen molar-refractivity contribution < 1.29 is 85.6 Å². The van der Waals surface area contributed by atoms with Gasteiger partial charge in [0.25, 0.3) is 0 Å². The molecule has 29 heteroatoms. The quantitative estimate of drug-likeness (QED) is 0.0370.